The van der Waals surface area contributed by atoms with Crippen LogP contribution in [-0.2, 0) is 9.53 Å². The lowest BCUT2D eigenvalue weighted by atomic mass is 10.2. The maximum atomic E-state index is 11.4. The van der Waals surface area contributed by atoms with Crippen LogP contribution in [0.5, 0.6) is 0 Å². The van der Waals surface area contributed by atoms with E-state index in [4.69, 9.17) is 0 Å². The Kier molecular flexibility index (Phi) is 7.40. The van der Waals surface area contributed by atoms with E-state index in [1.54, 1.807) is 0 Å². The van der Waals surface area contributed by atoms with Crippen LogP contribution in [-0.4, -0.2) is 30.1 Å². The maximum absolute atomic E-state index is 11.4. The highest BCUT2D eigenvalue weighted by molar-refractivity contribution is 5.92. The monoisotopic (exact) mass is 277 g/mol. The average Bonchev–Trinajstić information content (AvgIpc) is 2.87. The summed E-state index contributed by atoms with van der Waals surface area (Å²) in [7, 11) is 0. The zero-order valence-electron chi connectivity index (χ0n) is 12.3. The van der Waals surface area contributed by atoms with Gasteiger partial charge in [0.2, 0.25) is 5.91 Å². The predicted molar refractivity (Wildman–Crippen MR) is 78.4 cm³/mol. The molecule has 0 unspecified atom stereocenters. The first-order chi connectivity index (χ1) is 9.65. The molecule has 110 valence electrons. The Morgan fingerprint density at radius 3 is 2.40 bits per heavy atom. The Labute approximate surface area is 120 Å². The summed E-state index contributed by atoms with van der Waals surface area (Å²) in [5, 5.41) is 0. The second-order valence-corrected chi connectivity index (χ2v) is 4.77. The van der Waals surface area contributed by atoms with Crippen molar-refractivity contribution >= 4 is 12.0 Å². The number of unbranched alkanes of at least 4 members (excludes halogenated alkanes) is 2. The smallest absolute Gasteiger partial charge is 0.416 e. The third-order valence-corrected chi connectivity index (χ3v) is 3.00. The molecule has 1 aromatic rings. The Bertz CT molecular complexity index is 417. The fourth-order valence-corrected chi connectivity index (χ4v) is 1.82. The summed E-state index contributed by atoms with van der Waals surface area (Å²) in [5.41, 5.74) is 1.32. The van der Waals surface area contributed by atoms with Gasteiger partial charge >= 0.3 is 6.09 Å². The van der Waals surface area contributed by atoms with E-state index in [0.29, 0.717) is 19.6 Å². The molecule has 0 saturated carbocycles. The topological polar surface area (TPSA) is 46.6 Å². The van der Waals surface area contributed by atoms with Crippen LogP contribution in [0, 0.1) is 6.92 Å². The highest BCUT2D eigenvalue weighted by Crippen LogP contribution is 2.08. The van der Waals surface area contributed by atoms with Crippen molar-refractivity contribution in [3.8, 4) is 0 Å². The van der Waals surface area contributed by atoms with Crippen LogP contribution >= 0.6 is 0 Å². The summed E-state index contributed by atoms with van der Waals surface area (Å²) < 4.78 is 4.66. The zero-order chi connectivity index (χ0) is 14.8. The van der Waals surface area contributed by atoms with Crippen molar-refractivity contribution in [3.05, 3.63) is 35.9 Å². The molecule has 2 rings (SSSR count). The van der Waals surface area contributed by atoms with Gasteiger partial charge in [-0.1, -0.05) is 55.7 Å². The first kappa shape index (κ1) is 16.2. The molecule has 0 bridgehead atoms. The number of aryl methyl sites for hydroxylation is 1. The van der Waals surface area contributed by atoms with Gasteiger partial charge < -0.3 is 4.74 Å². The van der Waals surface area contributed by atoms with E-state index in [0.717, 1.165) is 19.3 Å². The molecule has 1 saturated heterocycles. The van der Waals surface area contributed by atoms with Crippen LogP contribution in [0.4, 0.5) is 4.79 Å². The second-order valence-electron chi connectivity index (χ2n) is 4.77. The molecule has 1 aromatic carbocycles. The second kappa shape index (κ2) is 9.13. The minimum absolute atomic E-state index is 0.101. The van der Waals surface area contributed by atoms with Gasteiger partial charge in [0.15, 0.2) is 0 Å². The van der Waals surface area contributed by atoms with Crippen LogP contribution in [0.15, 0.2) is 30.3 Å². The summed E-state index contributed by atoms with van der Waals surface area (Å²) >= 11 is 0. The standard InChI is InChI=1S/C9H15NO3.C7H8/c1-2-3-4-5-8(11)10-6-7-13-9(10)12;1-7-5-3-2-4-6-7/h2-7H2,1H3;2-6H,1H3. The van der Waals surface area contributed by atoms with Crippen LogP contribution in [0.25, 0.3) is 0 Å². The van der Waals surface area contributed by atoms with Gasteiger partial charge in [-0.2, -0.15) is 0 Å². The Hall–Kier alpha value is -1.84. The molecule has 1 heterocycles. The Morgan fingerprint density at radius 1 is 1.25 bits per heavy atom. The number of amides is 2. The van der Waals surface area contributed by atoms with E-state index >= 15 is 0 Å². The molecular weight excluding hydrogens is 254 g/mol. The van der Waals surface area contributed by atoms with Crippen LogP contribution < -0.4 is 0 Å². The van der Waals surface area contributed by atoms with Gasteiger partial charge in [0.25, 0.3) is 0 Å². The first-order valence-electron chi connectivity index (χ1n) is 7.14. The molecule has 0 aromatic heterocycles. The quantitative estimate of drug-likeness (QED) is 0.791. The molecule has 0 atom stereocenters. The van der Waals surface area contributed by atoms with E-state index < -0.39 is 6.09 Å². The molecular formula is C16H23NO3. The molecule has 1 fully saturated rings. The van der Waals surface area contributed by atoms with Gasteiger partial charge in [0.05, 0.1) is 6.54 Å². The van der Waals surface area contributed by atoms with Crippen LogP contribution in [0.1, 0.15) is 38.2 Å². The summed E-state index contributed by atoms with van der Waals surface area (Å²) in [5.74, 6) is -0.101. The molecule has 0 radical (unpaired) electrons. The molecule has 4 nitrogen and oxygen atoms in total. The van der Waals surface area contributed by atoms with Crippen molar-refractivity contribution in [1.29, 1.82) is 0 Å². The molecule has 2 amide bonds. The van der Waals surface area contributed by atoms with Crippen LogP contribution in [0.2, 0.25) is 0 Å². The predicted octanol–water partition coefficient (Wildman–Crippen LogP) is 3.54. The number of imide groups is 1. The normalized spacial score (nSPS) is 13.5. The fraction of sp³-hybridized carbons (Fsp3) is 0.500. The van der Waals surface area contributed by atoms with Gasteiger partial charge in [-0.05, 0) is 13.3 Å². The molecule has 0 aliphatic carbocycles. The van der Waals surface area contributed by atoms with Crippen molar-refractivity contribution in [2.24, 2.45) is 0 Å². The van der Waals surface area contributed by atoms with Gasteiger partial charge in [0.1, 0.15) is 6.61 Å². The van der Waals surface area contributed by atoms with Gasteiger partial charge in [0, 0.05) is 6.42 Å². The maximum Gasteiger partial charge on any atom is 0.416 e. The van der Waals surface area contributed by atoms with Crippen LogP contribution in [0.3, 0.4) is 0 Å². The lowest BCUT2D eigenvalue weighted by Gasteiger charge is -2.09. The van der Waals surface area contributed by atoms with Crippen molar-refractivity contribution in [3.63, 3.8) is 0 Å². The third-order valence-electron chi connectivity index (χ3n) is 3.00. The number of carbonyl (C=O) groups is 2. The largest absolute Gasteiger partial charge is 0.447 e. The van der Waals surface area contributed by atoms with E-state index in [-0.39, 0.29) is 5.91 Å². The van der Waals surface area contributed by atoms with Crippen molar-refractivity contribution in [2.45, 2.75) is 39.5 Å². The lowest BCUT2D eigenvalue weighted by Crippen LogP contribution is -2.31. The van der Waals surface area contributed by atoms with Crippen molar-refractivity contribution < 1.29 is 14.3 Å². The fourth-order valence-electron chi connectivity index (χ4n) is 1.82. The number of carbonyl (C=O) groups excluding carboxylic acids is 2. The molecule has 0 spiro atoms. The van der Waals surface area contributed by atoms with E-state index in [1.807, 2.05) is 18.2 Å². The summed E-state index contributed by atoms with van der Waals surface area (Å²) in [6.07, 6.45) is 2.95. The highest BCUT2D eigenvalue weighted by atomic mass is 16.6. The summed E-state index contributed by atoms with van der Waals surface area (Å²) in [4.78, 5) is 23.5. The number of hydrogen-bond acceptors (Lipinski definition) is 3. The Morgan fingerprint density at radius 2 is 1.95 bits per heavy atom. The molecule has 0 N–H and O–H groups in total. The number of nitrogens with zero attached hydrogens (tertiary/aromatic N) is 1. The van der Waals surface area contributed by atoms with Gasteiger partial charge in [-0.15, -0.1) is 0 Å². The first-order valence-corrected chi connectivity index (χ1v) is 7.14. The van der Waals surface area contributed by atoms with E-state index in [9.17, 15) is 9.59 Å². The number of ether oxygens (including phenoxy) is 1. The van der Waals surface area contributed by atoms with Crippen molar-refractivity contribution in [1.82, 2.24) is 4.90 Å². The van der Waals surface area contributed by atoms with Gasteiger partial charge in [-0.25, -0.2) is 9.69 Å². The van der Waals surface area contributed by atoms with E-state index in [1.165, 1.54) is 10.5 Å². The number of cyclic esters (lactones) is 1. The summed E-state index contributed by atoms with van der Waals surface area (Å²) in [6, 6.07) is 10.3. The lowest BCUT2D eigenvalue weighted by molar-refractivity contribution is -0.127. The Balaban J connectivity index is 0.000000240. The highest BCUT2D eigenvalue weighted by Gasteiger charge is 2.27. The molecule has 20 heavy (non-hydrogen) atoms. The minimum atomic E-state index is -0.485. The summed E-state index contributed by atoms with van der Waals surface area (Å²) in [6.45, 7) is 4.93. The number of benzene rings is 1. The number of hydrogen-bond donors (Lipinski definition) is 0. The molecule has 1 aliphatic rings. The van der Waals surface area contributed by atoms with Gasteiger partial charge in [-0.3, -0.25) is 4.79 Å². The minimum Gasteiger partial charge on any atom is -0.447 e. The third kappa shape index (κ3) is 5.87. The zero-order valence-corrected chi connectivity index (χ0v) is 12.3. The van der Waals surface area contributed by atoms with E-state index in [2.05, 4.69) is 30.7 Å². The SMILES string of the molecule is CCCCCC(=O)N1CCOC1=O.Cc1ccccc1. The molecule has 1 aliphatic heterocycles. The molecule has 4 heteroatoms. The average molecular weight is 277 g/mol. The van der Waals surface area contributed by atoms with Crippen molar-refractivity contribution in [2.75, 3.05) is 13.2 Å². The number of rotatable bonds is 4.